The van der Waals surface area contributed by atoms with E-state index in [4.69, 9.17) is 11.6 Å². The van der Waals surface area contributed by atoms with Crippen molar-refractivity contribution in [1.29, 1.82) is 0 Å². The summed E-state index contributed by atoms with van der Waals surface area (Å²) < 4.78 is 40.2. The lowest BCUT2D eigenvalue weighted by Gasteiger charge is -2.20. The van der Waals surface area contributed by atoms with Crippen LogP contribution in [0.2, 0.25) is 0 Å². The Kier molecular flexibility index (Phi) is 4.76. The van der Waals surface area contributed by atoms with Crippen molar-refractivity contribution in [3.05, 3.63) is 24.1 Å². The fourth-order valence-electron chi connectivity index (χ4n) is 2.22. The first kappa shape index (κ1) is 14.7. The van der Waals surface area contributed by atoms with E-state index in [2.05, 4.69) is 9.71 Å². The van der Waals surface area contributed by atoms with Gasteiger partial charge >= 0.3 is 0 Å². The molecule has 2 unspecified atom stereocenters. The van der Waals surface area contributed by atoms with E-state index in [1.54, 1.807) is 0 Å². The molecule has 0 aliphatic heterocycles. The Bertz CT molecular complexity index is 538. The van der Waals surface area contributed by atoms with E-state index in [9.17, 15) is 12.8 Å². The smallest absolute Gasteiger partial charge is 0.241 e. The number of pyridine rings is 1. The Morgan fingerprint density at radius 1 is 1.32 bits per heavy atom. The molecular formula is C12H16ClFN2O2S. The topological polar surface area (TPSA) is 59.1 Å². The molecule has 7 heteroatoms. The molecule has 19 heavy (non-hydrogen) atoms. The Hall–Kier alpha value is -0.720. The van der Waals surface area contributed by atoms with Gasteiger partial charge in [-0.15, -0.1) is 11.6 Å². The molecule has 1 aromatic rings. The first-order valence-corrected chi connectivity index (χ1v) is 8.19. The maximum Gasteiger partial charge on any atom is 0.261 e. The second-order valence-corrected chi connectivity index (χ2v) is 6.86. The maximum absolute atomic E-state index is 13.5. The van der Waals surface area contributed by atoms with Crippen molar-refractivity contribution >= 4 is 21.6 Å². The molecule has 0 bridgehead atoms. The van der Waals surface area contributed by atoms with Crippen molar-refractivity contribution in [2.75, 3.05) is 0 Å². The van der Waals surface area contributed by atoms with Gasteiger partial charge in [0.25, 0.3) is 10.0 Å². The molecule has 0 radical (unpaired) electrons. The van der Waals surface area contributed by atoms with Crippen molar-refractivity contribution in [1.82, 2.24) is 9.71 Å². The molecule has 0 aromatic carbocycles. The molecule has 4 nitrogen and oxygen atoms in total. The monoisotopic (exact) mass is 306 g/mol. The zero-order chi connectivity index (χ0) is 13.9. The normalized spacial score (nSPS) is 24.9. The van der Waals surface area contributed by atoms with Crippen molar-refractivity contribution in [3.8, 4) is 0 Å². The minimum atomic E-state index is -3.96. The van der Waals surface area contributed by atoms with Gasteiger partial charge in [-0.3, -0.25) is 0 Å². The average molecular weight is 307 g/mol. The standard InChI is InChI=1S/C12H16ClFN2O2S/c13-9-5-2-1-3-7-11(9)16-19(17,18)12-10(14)6-4-8-15-12/h4,6,8-9,11,16H,1-3,5,7H2. The Morgan fingerprint density at radius 2 is 2.05 bits per heavy atom. The lowest BCUT2D eigenvalue weighted by atomic mass is 10.1. The van der Waals surface area contributed by atoms with Gasteiger partial charge < -0.3 is 0 Å². The number of alkyl halides is 1. The summed E-state index contributed by atoms with van der Waals surface area (Å²) in [6, 6.07) is 2.06. The third-order valence-electron chi connectivity index (χ3n) is 3.22. The van der Waals surface area contributed by atoms with Crippen molar-refractivity contribution in [2.45, 2.75) is 48.5 Å². The molecule has 2 rings (SSSR count). The number of sulfonamides is 1. The van der Waals surface area contributed by atoms with Crippen LogP contribution >= 0.6 is 11.6 Å². The summed E-state index contributed by atoms with van der Waals surface area (Å²) in [4.78, 5) is 3.60. The second-order valence-electron chi connectivity index (χ2n) is 4.67. The lowest BCUT2D eigenvalue weighted by molar-refractivity contribution is 0.502. The third kappa shape index (κ3) is 3.64. The number of nitrogens with one attached hydrogen (secondary N) is 1. The SMILES string of the molecule is O=S(=O)(NC1CCCCCC1Cl)c1ncccc1F. The van der Waals surface area contributed by atoms with Crippen molar-refractivity contribution in [2.24, 2.45) is 0 Å². The summed E-state index contributed by atoms with van der Waals surface area (Å²) in [5.41, 5.74) is 0. The molecule has 0 spiro atoms. The number of rotatable bonds is 3. The van der Waals surface area contributed by atoms with Crippen molar-refractivity contribution < 1.29 is 12.8 Å². The summed E-state index contributed by atoms with van der Waals surface area (Å²) in [5, 5.41) is -0.827. The van der Waals surface area contributed by atoms with Crippen LogP contribution in [-0.2, 0) is 10.0 Å². The van der Waals surface area contributed by atoms with Gasteiger partial charge in [-0.1, -0.05) is 19.3 Å². The van der Waals surface area contributed by atoms with Gasteiger partial charge in [-0.05, 0) is 25.0 Å². The Balaban J connectivity index is 2.19. The summed E-state index contributed by atoms with van der Waals surface area (Å²) in [6.45, 7) is 0. The minimum Gasteiger partial charge on any atom is -0.241 e. The molecule has 1 fully saturated rings. The fourth-order valence-corrected chi connectivity index (χ4v) is 3.95. The molecule has 1 aromatic heterocycles. The van der Waals surface area contributed by atoms with E-state index in [1.165, 1.54) is 12.3 Å². The van der Waals surface area contributed by atoms with E-state index >= 15 is 0 Å². The summed E-state index contributed by atoms with van der Waals surface area (Å²) in [7, 11) is -3.96. The molecular weight excluding hydrogens is 291 g/mol. The number of hydrogen-bond donors (Lipinski definition) is 1. The Labute approximate surface area is 117 Å². The summed E-state index contributed by atoms with van der Waals surface area (Å²) >= 11 is 6.18. The molecule has 2 atom stereocenters. The minimum absolute atomic E-state index is 0.260. The average Bonchev–Trinajstić information content (AvgIpc) is 2.55. The first-order valence-electron chi connectivity index (χ1n) is 6.27. The number of nitrogens with zero attached hydrogens (tertiary/aromatic N) is 1. The van der Waals surface area contributed by atoms with Crippen LogP contribution in [-0.4, -0.2) is 24.8 Å². The van der Waals surface area contributed by atoms with E-state index in [1.807, 2.05) is 0 Å². The predicted molar refractivity (Wildman–Crippen MR) is 71.0 cm³/mol. The van der Waals surface area contributed by atoms with Gasteiger partial charge in [0.2, 0.25) is 5.03 Å². The molecule has 1 saturated carbocycles. The maximum atomic E-state index is 13.5. The van der Waals surface area contributed by atoms with Crippen molar-refractivity contribution in [3.63, 3.8) is 0 Å². The zero-order valence-electron chi connectivity index (χ0n) is 10.4. The van der Waals surface area contributed by atoms with Crippen LogP contribution in [0.25, 0.3) is 0 Å². The van der Waals surface area contributed by atoms with E-state index in [0.29, 0.717) is 6.42 Å². The van der Waals surface area contributed by atoms with Crippen LogP contribution in [0.3, 0.4) is 0 Å². The second kappa shape index (κ2) is 6.15. The highest BCUT2D eigenvalue weighted by Gasteiger charge is 2.29. The molecule has 1 N–H and O–H groups in total. The number of aromatic nitrogens is 1. The molecule has 0 saturated heterocycles. The quantitative estimate of drug-likeness (QED) is 0.689. The molecule has 0 amide bonds. The van der Waals surface area contributed by atoms with Gasteiger partial charge in [0, 0.05) is 17.6 Å². The van der Waals surface area contributed by atoms with Crippen LogP contribution in [0.5, 0.6) is 0 Å². The van der Waals surface area contributed by atoms with Gasteiger partial charge in [0.1, 0.15) is 0 Å². The van der Waals surface area contributed by atoms with E-state index < -0.39 is 20.9 Å². The predicted octanol–water partition coefficient (Wildman–Crippen LogP) is 2.44. The molecule has 1 aliphatic carbocycles. The summed E-state index contributed by atoms with van der Waals surface area (Å²) in [5.74, 6) is -0.852. The number of hydrogen-bond acceptors (Lipinski definition) is 3. The molecule has 1 heterocycles. The van der Waals surface area contributed by atoms with E-state index in [0.717, 1.165) is 31.7 Å². The highest BCUT2D eigenvalue weighted by atomic mass is 35.5. The first-order chi connectivity index (χ1) is 9.00. The Morgan fingerprint density at radius 3 is 2.79 bits per heavy atom. The fraction of sp³-hybridized carbons (Fsp3) is 0.583. The zero-order valence-corrected chi connectivity index (χ0v) is 11.9. The van der Waals surface area contributed by atoms with Crippen LogP contribution in [0, 0.1) is 5.82 Å². The third-order valence-corrected chi connectivity index (χ3v) is 5.16. The van der Waals surface area contributed by atoms with Crippen LogP contribution in [0.4, 0.5) is 4.39 Å². The molecule has 106 valence electrons. The lowest BCUT2D eigenvalue weighted by Crippen LogP contribution is -2.41. The van der Waals surface area contributed by atoms with Crippen LogP contribution in [0.15, 0.2) is 23.4 Å². The van der Waals surface area contributed by atoms with Crippen LogP contribution in [0.1, 0.15) is 32.1 Å². The van der Waals surface area contributed by atoms with Gasteiger partial charge in [-0.2, -0.15) is 0 Å². The number of halogens is 2. The van der Waals surface area contributed by atoms with Crippen LogP contribution < -0.4 is 4.72 Å². The molecule has 1 aliphatic rings. The van der Waals surface area contributed by atoms with Gasteiger partial charge in [-0.25, -0.2) is 22.5 Å². The highest BCUT2D eigenvalue weighted by molar-refractivity contribution is 7.89. The highest BCUT2D eigenvalue weighted by Crippen LogP contribution is 2.24. The largest absolute Gasteiger partial charge is 0.261 e. The van der Waals surface area contributed by atoms with Gasteiger partial charge in [0.05, 0.1) is 0 Å². The van der Waals surface area contributed by atoms with Gasteiger partial charge in [0.15, 0.2) is 5.82 Å². The van der Waals surface area contributed by atoms with E-state index in [-0.39, 0.29) is 11.4 Å². The summed E-state index contributed by atoms with van der Waals surface area (Å²) in [6.07, 6.45) is 5.63.